The molecule has 2 heterocycles. The molecule has 46 heavy (non-hydrogen) atoms. The third-order valence-electron chi connectivity index (χ3n) is 9.66. The van der Waals surface area contributed by atoms with Crippen LogP contribution in [0.25, 0.3) is 87.7 Å². The van der Waals surface area contributed by atoms with Crippen LogP contribution in [-0.2, 0) is 0 Å². The van der Waals surface area contributed by atoms with Gasteiger partial charge in [0.25, 0.3) is 0 Å². The molecule has 2 heteroatoms. The van der Waals surface area contributed by atoms with Crippen LogP contribution < -0.4 is 0 Å². The lowest BCUT2D eigenvalue weighted by Gasteiger charge is -2.11. The molecule has 0 unspecified atom stereocenters. The topological polar surface area (TPSA) is 9.86 Å². The van der Waals surface area contributed by atoms with Gasteiger partial charge < -0.3 is 9.13 Å². The highest BCUT2D eigenvalue weighted by molar-refractivity contribution is 6.31. The fraction of sp³-hybridized carbons (Fsp3) is 0. The van der Waals surface area contributed by atoms with Crippen LogP contribution >= 0.6 is 0 Å². The Balaban J connectivity index is 1.40. The lowest BCUT2D eigenvalue weighted by molar-refractivity contribution is 1.18. The second-order valence-corrected chi connectivity index (χ2v) is 12.2. The van der Waals surface area contributed by atoms with Gasteiger partial charge in [-0.25, -0.2) is 0 Å². The van der Waals surface area contributed by atoms with Crippen LogP contribution in [0.2, 0.25) is 0 Å². The van der Waals surface area contributed by atoms with Crippen LogP contribution in [0, 0.1) is 0 Å². The van der Waals surface area contributed by atoms with Gasteiger partial charge in [-0.05, 0) is 81.2 Å². The molecule has 0 radical (unpaired) electrons. The average Bonchev–Trinajstić information content (AvgIpc) is 3.64. The van der Waals surface area contributed by atoms with E-state index in [1.807, 2.05) is 0 Å². The minimum absolute atomic E-state index is 1.17. The predicted molar refractivity (Wildman–Crippen MR) is 196 cm³/mol. The Labute approximate surface area is 266 Å². The van der Waals surface area contributed by atoms with Gasteiger partial charge in [0, 0.05) is 32.9 Å². The summed E-state index contributed by atoms with van der Waals surface area (Å²) in [5.41, 5.74) is 9.66. The Kier molecular flexibility index (Phi) is 5.31. The number of hydrogen-bond acceptors (Lipinski definition) is 0. The summed E-state index contributed by atoms with van der Waals surface area (Å²) < 4.78 is 4.91. The molecule has 10 aromatic rings. The van der Waals surface area contributed by atoms with E-state index in [1.54, 1.807) is 0 Å². The summed E-state index contributed by atoms with van der Waals surface area (Å²) in [5, 5.41) is 10.1. The molecule has 0 amide bonds. The molecule has 0 saturated carbocycles. The average molecular weight is 585 g/mol. The maximum atomic E-state index is 2.46. The molecule has 0 saturated heterocycles. The van der Waals surface area contributed by atoms with E-state index in [9.17, 15) is 0 Å². The number of para-hydroxylation sites is 1. The van der Waals surface area contributed by atoms with E-state index in [0.29, 0.717) is 0 Å². The van der Waals surface area contributed by atoms with E-state index in [4.69, 9.17) is 0 Å². The number of rotatable bonds is 3. The van der Waals surface area contributed by atoms with Crippen molar-refractivity contribution in [2.24, 2.45) is 0 Å². The van der Waals surface area contributed by atoms with Gasteiger partial charge in [0.2, 0.25) is 0 Å². The first-order chi connectivity index (χ1) is 22.8. The number of hydrogen-bond donors (Lipinski definition) is 0. The van der Waals surface area contributed by atoms with Gasteiger partial charge in [0.15, 0.2) is 0 Å². The zero-order valence-corrected chi connectivity index (χ0v) is 25.1. The van der Waals surface area contributed by atoms with Crippen molar-refractivity contribution in [1.29, 1.82) is 0 Å². The number of fused-ring (bicyclic) bond motifs is 9. The molecule has 2 aromatic heterocycles. The van der Waals surface area contributed by atoms with Crippen molar-refractivity contribution in [1.82, 2.24) is 9.13 Å². The standard InChI is InChI=1S/C44H28N2/c1-2-13-31(14-3-1)36-18-10-20-39-42(36)44-41(46(39)35-24-22-30-12-5-7-16-33(30)28-35)26-25-40-43(44)37-17-8-9-19-38(37)45(40)34-23-21-29-11-4-6-15-32(29)27-34/h1-28H. The molecule has 8 aromatic carbocycles. The summed E-state index contributed by atoms with van der Waals surface area (Å²) in [4.78, 5) is 0. The lowest BCUT2D eigenvalue weighted by atomic mass is 9.97. The van der Waals surface area contributed by atoms with Gasteiger partial charge in [-0.15, -0.1) is 0 Å². The molecule has 0 atom stereocenters. The monoisotopic (exact) mass is 584 g/mol. The SMILES string of the molecule is c1ccc(-c2cccc3c2c2c4c5ccccc5n(-c5ccc6ccccc6c5)c4ccc2n3-c2ccc3ccccc3c2)cc1. The quantitative estimate of drug-likeness (QED) is 0.195. The summed E-state index contributed by atoms with van der Waals surface area (Å²) in [6, 6.07) is 62.0. The fourth-order valence-corrected chi connectivity index (χ4v) is 7.65. The summed E-state index contributed by atoms with van der Waals surface area (Å²) in [7, 11) is 0. The van der Waals surface area contributed by atoms with Crippen molar-refractivity contribution < 1.29 is 0 Å². The Bertz CT molecular complexity index is 2800. The molecule has 10 rings (SSSR count). The summed E-state index contributed by atoms with van der Waals surface area (Å²) in [6.07, 6.45) is 0. The molecule has 0 spiro atoms. The Hall–Kier alpha value is -6.12. The maximum Gasteiger partial charge on any atom is 0.0549 e. The first-order valence-electron chi connectivity index (χ1n) is 15.9. The van der Waals surface area contributed by atoms with Gasteiger partial charge in [-0.1, -0.05) is 121 Å². The molecule has 0 aliphatic heterocycles. The Morgan fingerprint density at radius 1 is 0.304 bits per heavy atom. The first-order valence-corrected chi connectivity index (χ1v) is 15.9. The minimum atomic E-state index is 1.17. The Morgan fingerprint density at radius 3 is 1.52 bits per heavy atom. The van der Waals surface area contributed by atoms with Gasteiger partial charge in [0.05, 0.1) is 22.1 Å². The van der Waals surface area contributed by atoms with E-state index in [0.717, 1.165) is 0 Å². The molecule has 0 fully saturated rings. The van der Waals surface area contributed by atoms with E-state index >= 15 is 0 Å². The molecular formula is C44H28N2. The normalized spacial score (nSPS) is 11.9. The van der Waals surface area contributed by atoms with Crippen molar-refractivity contribution in [2.75, 3.05) is 0 Å². The highest BCUT2D eigenvalue weighted by Gasteiger charge is 2.22. The lowest BCUT2D eigenvalue weighted by Crippen LogP contribution is -1.95. The van der Waals surface area contributed by atoms with Crippen molar-refractivity contribution in [3.63, 3.8) is 0 Å². The molecular weight excluding hydrogens is 556 g/mol. The molecule has 0 N–H and O–H groups in total. The fourth-order valence-electron chi connectivity index (χ4n) is 7.65. The van der Waals surface area contributed by atoms with Crippen molar-refractivity contribution >= 4 is 65.2 Å². The van der Waals surface area contributed by atoms with Crippen LogP contribution in [-0.4, -0.2) is 9.13 Å². The van der Waals surface area contributed by atoms with Crippen LogP contribution in [0.1, 0.15) is 0 Å². The maximum absolute atomic E-state index is 2.46. The number of benzene rings is 8. The van der Waals surface area contributed by atoms with Gasteiger partial charge in [-0.2, -0.15) is 0 Å². The predicted octanol–water partition coefficient (Wildman–Crippen LogP) is 11.9. The van der Waals surface area contributed by atoms with Crippen LogP contribution in [0.3, 0.4) is 0 Å². The Morgan fingerprint density at radius 2 is 0.826 bits per heavy atom. The highest BCUT2D eigenvalue weighted by Crippen LogP contribution is 2.45. The molecule has 0 aliphatic carbocycles. The van der Waals surface area contributed by atoms with Crippen LogP contribution in [0.4, 0.5) is 0 Å². The largest absolute Gasteiger partial charge is 0.309 e. The van der Waals surface area contributed by atoms with Gasteiger partial charge >= 0.3 is 0 Å². The molecule has 214 valence electrons. The molecule has 2 nitrogen and oxygen atoms in total. The van der Waals surface area contributed by atoms with E-state index in [2.05, 4.69) is 179 Å². The van der Waals surface area contributed by atoms with E-state index < -0.39 is 0 Å². The summed E-state index contributed by atoms with van der Waals surface area (Å²) in [6.45, 7) is 0. The minimum Gasteiger partial charge on any atom is -0.309 e. The van der Waals surface area contributed by atoms with Gasteiger partial charge in [0.1, 0.15) is 0 Å². The molecule has 0 bridgehead atoms. The van der Waals surface area contributed by atoms with E-state index in [1.165, 1.54) is 87.7 Å². The number of aromatic nitrogens is 2. The molecule has 0 aliphatic rings. The van der Waals surface area contributed by atoms with Crippen LogP contribution in [0.15, 0.2) is 170 Å². The third-order valence-corrected chi connectivity index (χ3v) is 9.66. The zero-order valence-electron chi connectivity index (χ0n) is 25.1. The highest BCUT2D eigenvalue weighted by atomic mass is 15.0. The van der Waals surface area contributed by atoms with Gasteiger partial charge in [-0.3, -0.25) is 0 Å². The van der Waals surface area contributed by atoms with E-state index in [-0.39, 0.29) is 0 Å². The number of nitrogens with zero attached hydrogens (tertiary/aromatic N) is 2. The smallest absolute Gasteiger partial charge is 0.0549 e. The third kappa shape index (κ3) is 3.59. The second kappa shape index (κ2) is 9.69. The zero-order chi connectivity index (χ0) is 30.2. The van der Waals surface area contributed by atoms with Crippen LogP contribution in [0.5, 0.6) is 0 Å². The van der Waals surface area contributed by atoms with Crippen molar-refractivity contribution in [3.8, 4) is 22.5 Å². The second-order valence-electron chi connectivity index (χ2n) is 12.2. The first kappa shape index (κ1) is 25.2. The van der Waals surface area contributed by atoms with Crippen molar-refractivity contribution in [3.05, 3.63) is 170 Å². The van der Waals surface area contributed by atoms with Crippen molar-refractivity contribution in [2.45, 2.75) is 0 Å². The summed E-state index contributed by atoms with van der Waals surface area (Å²) >= 11 is 0. The summed E-state index contributed by atoms with van der Waals surface area (Å²) in [5.74, 6) is 0.